The summed E-state index contributed by atoms with van der Waals surface area (Å²) in [5.74, 6) is -4.86. The molecule has 0 bridgehead atoms. The fraction of sp³-hybridized carbons (Fsp3) is 0.510. The quantitative estimate of drug-likeness (QED) is 0.0482. The Kier molecular flexibility index (Phi) is 14.8. The van der Waals surface area contributed by atoms with Crippen LogP contribution in [0.15, 0.2) is 99.6 Å². The Morgan fingerprint density at radius 1 is 0.985 bits per heavy atom. The number of alkyl halides is 2. The maximum Gasteiger partial charge on any atom is 0.351 e. The predicted molar refractivity (Wildman–Crippen MR) is 251 cm³/mol. The normalized spacial score (nSPS) is 23.2. The van der Waals surface area contributed by atoms with Gasteiger partial charge in [0.2, 0.25) is 11.9 Å². The first kappa shape index (κ1) is 49.2. The summed E-state index contributed by atoms with van der Waals surface area (Å²) >= 11 is 7.28. The average Bonchev–Trinajstić information content (AvgIpc) is 3.72. The SMILES string of the molecule is CC1(C)C(CCC2=C(Cl)/C(=C/C=C3/N(CCCCCC(=O)OCC4OC(n5ccc(N)nc5=O)C(F)(F)C4O)c4ccccc4C3(C)C)CCC2)=[N+](CCCCS(=O)(=O)O)c2ccccc21. The van der Waals surface area contributed by atoms with Gasteiger partial charge in [-0.15, -0.1) is 0 Å². The zero-order valence-corrected chi connectivity index (χ0v) is 39.6. The minimum Gasteiger partial charge on any atom is -0.463 e. The van der Waals surface area contributed by atoms with Gasteiger partial charge in [-0.2, -0.15) is 26.8 Å². The van der Waals surface area contributed by atoms with E-state index in [1.165, 1.54) is 28.5 Å². The summed E-state index contributed by atoms with van der Waals surface area (Å²) < 4.78 is 75.4. The summed E-state index contributed by atoms with van der Waals surface area (Å²) in [6.07, 6.45) is 6.74. The van der Waals surface area contributed by atoms with Crippen molar-refractivity contribution in [3.05, 3.63) is 116 Å². The molecule has 4 heterocycles. The topological polar surface area (TPSA) is 177 Å². The van der Waals surface area contributed by atoms with Crippen LogP contribution in [0.4, 0.5) is 26.0 Å². The fourth-order valence-corrected chi connectivity index (χ4v) is 10.9. The summed E-state index contributed by atoms with van der Waals surface area (Å²) in [6.45, 7) is 9.67. The van der Waals surface area contributed by atoms with Crippen LogP contribution in [0, 0.1) is 0 Å². The monoisotopic (exact) mass is 952 g/mol. The molecular formula is C49H61ClF2N5O8S+. The Balaban J connectivity index is 0.977. The highest BCUT2D eigenvalue weighted by Gasteiger charge is 2.60. The van der Waals surface area contributed by atoms with Gasteiger partial charge in [0, 0.05) is 65.5 Å². The number of halogens is 3. The van der Waals surface area contributed by atoms with Crippen LogP contribution in [0.5, 0.6) is 0 Å². The number of unbranched alkanes of at least 4 members (excludes halogenated alkanes) is 3. The number of aromatic nitrogens is 2. The molecule has 0 saturated carbocycles. The van der Waals surface area contributed by atoms with Crippen LogP contribution in [0.1, 0.15) is 116 Å². The molecule has 66 heavy (non-hydrogen) atoms. The second kappa shape index (κ2) is 19.8. The Labute approximate surface area is 390 Å². The molecule has 3 aliphatic heterocycles. The minimum absolute atomic E-state index is 0.0484. The number of nitrogens with zero attached hydrogens (tertiary/aromatic N) is 4. The molecule has 1 saturated heterocycles. The Morgan fingerprint density at radius 3 is 2.45 bits per heavy atom. The van der Waals surface area contributed by atoms with E-state index in [1.54, 1.807) is 0 Å². The van der Waals surface area contributed by atoms with Crippen molar-refractivity contribution in [1.29, 1.82) is 0 Å². The van der Waals surface area contributed by atoms with E-state index in [2.05, 4.69) is 84.6 Å². The second-order valence-electron chi connectivity index (χ2n) is 18.7. The lowest BCUT2D eigenvalue weighted by molar-refractivity contribution is -0.440. The lowest BCUT2D eigenvalue weighted by atomic mass is 9.79. The number of para-hydroxylation sites is 2. The van der Waals surface area contributed by atoms with Crippen LogP contribution < -0.4 is 16.3 Å². The number of ether oxygens (including phenoxy) is 2. The Hall–Kier alpha value is -4.74. The molecule has 356 valence electrons. The van der Waals surface area contributed by atoms with Gasteiger partial charge in [-0.3, -0.25) is 13.9 Å². The molecule has 1 aliphatic carbocycles. The number of hydrogen-bond donors (Lipinski definition) is 3. The molecule has 1 aromatic heterocycles. The van der Waals surface area contributed by atoms with Gasteiger partial charge in [-0.1, -0.05) is 79.9 Å². The van der Waals surface area contributed by atoms with Crippen molar-refractivity contribution in [3.63, 3.8) is 0 Å². The van der Waals surface area contributed by atoms with E-state index in [4.69, 9.17) is 26.8 Å². The van der Waals surface area contributed by atoms with Crippen LogP contribution >= 0.6 is 11.6 Å². The van der Waals surface area contributed by atoms with Crippen molar-refractivity contribution in [3.8, 4) is 0 Å². The van der Waals surface area contributed by atoms with E-state index >= 15 is 0 Å². The Bertz CT molecular complexity index is 2620. The van der Waals surface area contributed by atoms with Crippen LogP contribution in [0.2, 0.25) is 0 Å². The standard InChI is InChI=1S/C49H60ClF2N5O8S/c1-47(2)34-17-7-9-19-36(34)55(27-11-5-6-21-42(58)64-31-38-44(59)49(51,52)45(65-38)57-29-26-41(53)54-46(57)60)39(47)24-22-32-15-14-16-33(43(32)50)23-25-40-48(3,4)35-18-8-10-20-37(35)56(40)28-12-13-30-66(61,62)63/h7-10,17-20,22,24,26,29,38,44-45,59H,5-6,11-16,21,23,25,27-28,30-31H2,1-4H3,(H2-,53,54,60,61,62,63)/p+1/b32-22+,39-24+. The van der Waals surface area contributed by atoms with Crippen LogP contribution in [-0.4, -0.2) is 87.5 Å². The number of benzene rings is 2. The fourth-order valence-electron chi connectivity index (χ4n) is 9.97. The zero-order valence-electron chi connectivity index (χ0n) is 38.0. The number of esters is 1. The van der Waals surface area contributed by atoms with E-state index in [-0.39, 0.29) is 28.8 Å². The third kappa shape index (κ3) is 10.4. The van der Waals surface area contributed by atoms with Gasteiger partial charge in [0.05, 0.1) is 11.2 Å². The smallest absolute Gasteiger partial charge is 0.351 e. The second-order valence-corrected chi connectivity index (χ2v) is 20.7. The predicted octanol–water partition coefficient (Wildman–Crippen LogP) is 8.63. The van der Waals surface area contributed by atoms with Gasteiger partial charge in [0.15, 0.2) is 11.8 Å². The number of allylic oxidation sites excluding steroid dienone is 6. The number of hydrogen-bond acceptors (Lipinski definition) is 10. The number of aliphatic hydroxyl groups excluding tert-OH is 1. The van der Waals surface area contributed by atoms with Crippen LogP contribution in [-0.2, 0) is 35.2 Å². The highest BCUT2D eigenvalue weighted by molar-refractivity contribution is 7.85. The molecule has 4 N–H and O–H groups in total. The molecule has 0 amide bonds. The van der Waals surface area contributed by atoms with Crippen molar-refractivity contribution in [1.82, 2.24) is 9.55 Å². The minimum atomic E-state index is -4.02. The van der Waals surface area contributed by atoms with Gasteiger partial charge < -0.3 is 25.2 Å². The number of aliphatic hydroxyl groups is 1. The first-order valence-corrected chi connectivity index (χ1v) is 24.8. The summed E-state index contributed by atoms with van der Waals surface area (Å²) in [5.41, 5.74) is 13.4. The number of carbonyl (C=O) groups is 1. The summed E-state index contributed by atoms with van der Waals surface area (Å²) in [5, 5.41) is 11.1. The van der Waals surface area contributed by atoms with Crippen molar-refractivity contribution in [2.24, 2.45) is 0 Å². The third-order valence-electron chi connectivity index (χ3n) is 13.5. The molecule has 0 radical (unpaired) electrons. The van der Waals surface area contributed by atoms with E-state index in [9.17, 15) is 36.4 Å². The summed E-state index contributed by atoms with van der Waals surface area (Å²) in [6, 6.07) is 17.9. The molecule has 3 aromatic rings. The maximum atomic E-state index is 14.9. The van der Waals surface area contributed by atoms with Gasteiger partial charge in [0.25, 0.3) is 10.1 Å². The molecule has 4 aliphatic rings. The van der Waals surface area contributed by atoms with Crippen LogP contribution in [0.3, 0.4) is 0 Å². The average molecular weight is 954 g/mol. The van der Waals surface area contributed by atoms with E-state index in [1.807, 2.05) is 18.2 Å². The molecule has 3 atom stereocenters. The summed E-state index contributed by atoms with van der Waals surface area (Å²) in [7, 11) is -4.02. The van der Waals surface area contributed by atoms with Crippen molar-refractivity contribution < 1.29 is 45.7 Å². The Morgan fingerprint density at radius 2 is 1.71 bits per heavy atom. The molecule has 1 fully saturated rings. The van der Waals surface area contributed by atoms with E-state index < -0.39 is 52.7 Å². The molecule has 13 nitrogen and oxygen atoms in total. The molecule has 7 rings (SSSR count). The van der Waals surface area contributed by atoms with Gasteiger partial charge in [0.1, 0.15) is 25.1 Å². The first-order valence-electron chi connectivity index (χ1n) is 22.8. The number of fused-ring (bicyclic) bond motifs is 2. The number of nitrogen functional groups attached to an aromatic ring is 1. The highest BCUT2D eigenvalue weighted by atomic mass is 35.5. The lowest BCUT2D eigenvalue weighted by Gasteiger charge is -2.27. The number of anilines is 2. The molecule has 2 aromatic carbocycles. The zero-order chi connectivity index (χ0) is 47.6. The highest BCUT2D eigenvalue weighted by Crippen LogP contribution is 2.49. The lowest BCUT2D eigenvalue weighted by Crippen LogP contribution is -2.42. The molecule has 3 unspecified atom stereocenters. The van der Waals surface area contributed by atoms with Gasteiger partial charge in [-0.05, 0) is 88.1 Å². The van der Waals surface area contributed by atoms with Crippen LogP contribution in [0.25, 0.3) is 0 Å². The van der Waals surface area contributed by atoms with Crippen molar-refractivity contribution in [2.75, 3.05) is 36.1 Å². The maximum absolute atomic E-state index is 14.9. The first-order chi connectivity index (χ1) is 31.2. The van der Waals surface area contributed by atoms with Crippen molar-refractivity contribution in [2.45, 2.75) is 134 Å². The molecule has 17 heteroatoms. The largest absolute Gasteiger partial charge is 0.463 e. The van der Waals surface area contributed by atoms with Gasteiger partial charge >= 0.3 is 17.6 Å². The number of rotatable bonds is 18. The van der Waals surface area contributed by atoms with E-state index in [0.717, 1.165) is 72.4 Å². The number of nitrogens with two attached hydrogens (primary N) is 1. The van der Waals surface area contributed by atoms with E-state index in [0.29, 0.717) is 43.3 Å². The molecule has 0 spiro atoms. The number of carbonyl (C=O) groups excluding carboxylic acids is 1. The summed E-state index contributed by atoms with van der Waals surface area (Å²) in [4.78, 5) is 30.7. The third-order valence-corrected chi connectivity index (χ3v) is 14.8. The molecular weight excluding hydrogens is 892 g/mol. The van der Waals surface area contributed by atoms with Gasteiger partial charge in [-0.25, -0.2) is 4.79 Å². The van der Waals surface area contributed by atoms with Crippen molar-refractivity contribution >= 4 is 50.6 Å².